The number of hydrogen-bond donors (Lipinski definition) is 0. The van der Waals surface area contributed by atoms with Crippen LogP contribution in [0.2, 0.25) is 0 Å². The molecule has 0 spiro atoms. The van der Waals surface area contributed by atoms with E-state index >= 15 is 0 Å². The van der Waals surface area contributed by atoms with Crippen LogP contribution in [0.25, 0.3) is 31.3 Å². The molecule has 0 aliphatic rings. The van der Waals surface area contributed by atoms with Crippen LogP contribution in [0.3, 0.4) is 0 Å². The van der Waals surface area contributed by atoms with E-state index in [0.29, 0.717) is 0 Å². The lowest BCUT2D eigenvalue weighted by Gasteiger charge is -2.05. The van der Waals surface area contributed by atoms with Crippen LogP contribution in [0.5, 0.6) is 0 Å². The molecule has 0 atom stereocenters. The third-order valence-corrected chi connectivity index (χ3v) is 4.87. The van der Waals surface area contributed by atoms with Crippen LogP contribution in [0.15, 0.2) is 66.7 Å². The van der Waals surface area contributed by atoms with Gasteiger partial charge < -0.3 is 0 Å². The highest BCUT2D eigenvalue weighted by atomic mass is 32.1. The highest BCUT2D eigenvalue weighted by Gasteiger charge is 2.10. The second-order valence-electron chi connectivity index (χ2n) is 5.15. The Hall–Kier alpha value is -2.12. The predicted molar refractivity (Wildman–Crippen MR) is 89.5 cm³/mol. The first-order valence-corrected chi connectivity index (χ1v) is 7.62. The van der Waals surface area contributed by atoms with Crippen molar-refractivity contribution >= 4 is 31.5 Å². The molecule has 96 valence electrons. The van der Waals surface area contributed by atoms with Crippen LogP contribution in [0.4, 0.5) is 0 Å². The average molecular weight is 274 g/mol. The van der Waals surface area contributed by atoms with Gasteiger partial charge in [0.2, 0.25) is 0 Å². The molecule has 4 rings (SSSR count). The maximum atomic E-state index is 2.27. The van der Waals surface area contributed by atoms with Gasteiger partial charge in [0, 0.05) is 20.2 Å². The van der Waals surface area contributed by atoms with Gasteiger partial charge in [-0.2, -0.15) is 0 Å². The summed E-state index contributed by atoms with van der Waals surface area (Å²) in [4.78, 5) is 0. The normalized spacial score (nSPS) is 11.2. The number of rotatable bonds is 1. The Balaban J connectivity index is 2.14. The summed E-state index contributed by atoms with van der Waals surface area (Å²) in [7, 11) is 0. The van der Waals surface area contributed by atoms with Gasteiger partial charge in [-0.1, -0.05) is 60.2 Å². The second-order valence-corrected chi connectivity index (χ2v) is 6.23. The Morgan fingerprint density at radius 1 is 0.750 bits per heavy atom. The summed E-state index contributed by atoms with van der Waals surface area (Å²) in [6.45, 7) is 2.15. The van der Waals surface area contributed by atoms with Crippen molar-refractivity contribution in [2.75, 3.05) is 0 Å². The molecule has 0 bridgehead atoms. The highest BCUT2D eigenvalue weighted by molar-refractivity contribution is 7.25. The number of thiophene rings is 1. The van der Waals surface area contributed by atoms with Gasteiger partial charge in [0.1, 0.15) is 0 Å². The summed E-state index contributed by atoms with van der Waals surface area (Å²) in [6, 6.07) is 24.0. The molecule has 0 aliphatic heterocycles. The molecule has 0 fully saturated rings. The summed E-state index contributed by atoms with van der Waals surface area (Å²) in [5.74, 6) is 0. The van der Waals surface area contributed by atoms with Crippen molar-refractivity contribution in [1.82, 2.24) is 0 Å². The van der Waals surface area contributed by atoms with Gasteiger partial charge in [0.25, 0.3) is 0 Å². The maximum absolute atomic E-state index is 2.27. The van der Waals surface area contributed by atoms with Crippen LogP contribution in [-0.4, -0.2) is 0 Å². The van der Waals surface area contributed by atoms with Gasteiger partial charge in [0.15, 0.2) is 0 Å². The molecular formula is C19H14S. The standard InChI is InChI=1S/C19H14S/c1-13-6-4-7-14(12-13)15-9-5-11-18-19(15)16-8-2-3-10-17(16)20-18/h2-12H,1H3. The fraction of sp³-hybridized carbons (Fsp3) is 0.0526. The zero-order valence-corrected chi connectivity index (χ0v) is 12.1. The summed E-state index contributed by atoms with van der Waals surface area (Å²) in [5.41, 5.74) is 3.95. The van der Waals surface area contributed by atoms with Crippen molar-refractivity contribution in [2.24, 2.45) is 0 Å². The Labute approximate surface area is 122 Å². The fourth-order valence-corrected chi connectivity index (χ4v) is 3.96. The first-order valence-electron chi connectivity index (χ1n) is 6.80. The van der Waals surface area contributed by atoms with Gasteiger partial charge in [-0.25, -0.2) is 0 Å². The van der Waals surface area contributed by atoms with E-state index < -0.39 is 0 Å². The minimum atomic E-state index is 1.30. The molecule has 20 heavy (non-hydrogen) atoms. The lowest BCUT2D eigenvalue weighted by molar-refractivity contribution is 1.47. The highest BCUT2D eigenvalue weighted by Crippen LogP contribution is 2.39. The number of hydrogen-bond acceptors (Lipinski definition) is 1. The third kappa shape index (κ3) is 1.75. The van der Waals surface area contributed by atoms with E-state index in [4.69, 9.17) is 0 Å². The summed E-state index contributed by atoms with van der Waals surface area (Å²) >= 11 is 1.87. The van der Waals surface area contributed by atoms with Crippen molar-refractivity contribution in [3.63, 3.8) is 0 Å². The molecule has 0 aliphatic carbocycles. The van der Waals surface area contributed by atoms with Crippen molar-refractivity contribution in [3.05, 3.63) is 72.3 Å². The molecule has 1 heterocycles. The predicted octanol–water partition coefficient (Wildman–Crippen LogP) is 6.03. The van der Waals surface area contributed by atoms with E-state index in [0.717, 1.165) is 0 Å². The van der Waals surface area contributed by atoms with Crippen molar-refractivity contribution in [1.29, 1.82) is 0 Å². The van der Waals surface area contributed by atoms with E-state index in [9.17, 15) is 0 Å². The maximum Gasteiger partial charge on any atom is 0.0361 e. The molecule has 4 aromatic rings. The van der Waals surface area contributed by atoms with Crippen LogP contribution in [0.1, 0.15) is 5.56 Å². The van der Waals surface area contributed by atoms with Crippen molar-refractivity contribution in [3.8, 4) is 11.1 Å². The minimum Gasteiger partial charge on any atom is -0.135 e. The van der Waals surface area contributed by atoms with Crippen molar-refractivity contribution < 1.29 is 0 Å². The molecule has 0 radical (unpaired) electrons. The number of benzene rings is 3. The Morgan fingerprint density at radius 2 is 1.55 bits per heavy atom. The molecule has 3 aromatic carbocycles. The summed E-state index contributed by atoms with van der Waals surface area (Å²) in [6.07, 6.45) is 0. The summed E-state index contributed by atoms with van der Waals surface area (Å²) < 4.78 is 2.73. The molecule has 0 unspecified atom stereocenters. The van der Waals surface area contributed by atoms with E-state index in [2.05, 4.69) is 73.7 Å². The van der Waals surface area contributed by atoms with E-state index in [-0.39, 0.29) is 0 Å². The van der Waals surface area contributed by atoms with Crippen LogP contribution in [-0.2, 0) is 0 Å². The monoisotopic (exact) mass is 274 g/mol. The van der Waals surface area contributed by atoms with Gasteiger partial charge >= 0.3 is 0 Å². The lowest BCUT2D eigenvalue weighted by atomic mass is 9.98. The van der Waals surface area contributed by atoms with Crippen molar-refractivity contribution in [2.45, 2.75) is 6.92 Å². The number of aryl methyl sites for hydroxylation is 1. The van der Waals surface area contributed by atoms with Gasteiger partial charge in [0.05, 0.1) is 0 Å². The molecule has 0 saturated carbocycles. The van der Waals surface area contributed by atoms with Crippen LogP contribution >= 0.6 is 11.3 Å². The SMILES string of the molecule is Cc1cccc(-c2cccc3sc4ccccc4c23)c1. The lowest BCUT2D eigenvalue weighted by Crippen LogP contribution is -1.80. The zero-order chi connectivity index (χ0) is 13.5. The Kier molecular flexibility index (Phi) is 2.61. The molecule has 0 N–H and O–H groups in total. The molecule has 0 amide bonds. The largest absolute Gasteiger partial charge is 0.135 e. The fourth-order valence-electron chi connectivity index (χ4n) is 2.83. The van der Waals surface area contributed by atoms with E-state index in [1.807, 2.05) is 11.3 Å². The smallest absolute Gasteiger partial charge is 0.0361 e. The van der Waals surface area contributed by atoms with Gasteiger partial charge in [-0.3, -0.25) is 0 Å². The summed E-state index contributed by atoms with van der Waals surface area (Å²) in [5, 5.41) is 2.75. The molecule has 1 aromatic heterocycles. The topological polar surface area (TPSA) is 0 Å². The first kappa shape index (κ1) is 11.7. The quantitative estimate of drug-likeness (QED) is 0.397. The van der Waals surface area contributed by atoms with Crippen LogP contribution < -0.4 is 0 Å². The van der Waals surface area contributed by atoms with Gasteiger partial charge in [-0.05, 0) is 30.2 Å². The molecule has 0 nitrogen and oxygen atoms in total. The van der Waals surface area contributed by atoms with Crippen LogP contribution in [0, 0.1) is 6.92 Å². The Morgan fingerprint density at radius 3 is 2.45 bits per heavy atom. The Bertz CT molecular complexity index is 915. The first-order chi connectivity index (χ1) is 9.83. The second kappa shape index (κ2) is 4.46. The van der Waals surface area contributed by atoms with E-state index in [1.54, 1.807) is 0 Å². The third-order valence-electron chi connectivity index (χ3n) is 3.73. The molecule has 0 saturated heterocycles. The number of fused-ring (bicyclic) bond motifs is 3. The van der Waals surface area contributed by atoms with E-state index in [1.165, 1.54) is 36.9 Å². The molecule has 1 heteroatoms. The minimum absolute atomic E-state index is 1.30. The average Bonchev–Trinajstić information content (AvgIpc) is 2.85. The van der Waals surface area contributed by atoms with Gasteiger partial charge in [-0.15, -0.1) is 11.3 Å². The zero-order valence-electron chi connectivity index (χ0n) is 11.3. The molecular weight excluding hydrogens is 260 g/mol.